The molecule has 0 aliphatic rings. The van der Waals surface area contributed by atoms with Crippen LogP contribution in [0.1, 0.15) is 5.69 Å². The van der Waals surface area contributed by atoms with Gasteiger partial charge in [-0.15, -0.1) is 5.10 Å². The van der Waals surface area contributed by atoms with Crippen LogP contribution in [0.15, 0.2) is 36.8 Å². The second-order valence-electron chi connectivity index (χ2n) is 4.05. The molecule has 0 radical (unpaired) electrons. The Hall–Kier alpha value is -2.83. The fourth-order valence-corrected chi connectivity index (χ4v) is 1.79. The van der Waals surface area contributed by atoms with Gasteiger partial charge in [0.2, 0.25) is 0 Å². The van der Waals surface area contributed by atoms with Crippen LogP contribution in [0.2, 0.25) is 0 Å². The molecule has 0 aromatic carbocycles. The summed E-state index contributed by atoms with van der Waals surface area (Å²) in [6.45, 7) is 0. The van der Waals surface area contributed by atoms with Crippen molar-refractivity contribution in [3.05, 3.63) is 42.5 Å². The second kappa shape index (κ2) is 4.45. The van der Waals surface area contributed by atoms with E-state index in [0.29, 0.717) is 17.2 Å². The van der Waals surface area contributed by atoms with Crippen molar-refractivity contribution in [3.63, 3.8) is 0 Å². The van der Waals surface area contributed by atoms with Gasteiger partial charge in [-0.2, -0.15) is 0 Å². The molecule has 3 heterocycles. The fourth-order valence-electron chi connectivity index (χ4n) is 1.79. The number of H-pyrrole nitrogens is 1. The molecule has 0 saturated heterocycles. The minimum absolute atomic E-state index is 0.107. The molecule has 3 aromatic heterocycles. The van der Waals surface area contributed by atoms with E-state index in [2.05, 4.69) is 20.4 Å². The summed E-state index contributed by atoms with van der Waals surface area (Å²) >= 11 is 0. The highest BCUT2D eigenvalue weighted by molar-refractivity contribution is 5.69. The number of aromatic nitrogens is 4. The van der Waals surface area contributed by atoms with E-state index >= 15 is 0 Å². The number of imidazole rings is 1. The maximum absolute atomic E-state index is 10.6. The van der Waals surface area contributed by atoms with Gasteiger partial charge in [0, 0.05) is 12.4 Å². The Morgan fingerprint density at radius 1 is 1.42 bits per heavy atom. The van der Waals surface area contributed by atoms with Crippen LogP contribution in [-0.2, 0) is 11.2 Å². The number of fused-ring (bicyclic) bond motifs is 1. The normalized spacial score (nSPS) is 10.7. The lowest BCUT2D eigenvalue weighted by Crippen LogP contribution is -1.99. The summed E-state index contributed by atoms with van der Waals surface area (Å²) in [5.41, 5.74) is 2.01. The lowest BCUT2D eigenvalue weighted by atomic mass is 10.3. The van der Waals surface area contributed by atoms with Crippen molar-refractivity contribution in [1.29, 1.82) is 0 Å². The van der Waals surface area contributed by atoms with Crippen LogP contribution in [0.3, 0.4) is 0 Å². The molecule has 0 spiro atoms. The zero-order chi connectivity index (χ0) is 13.2. The lowest BCUT2D eigenvalue weighted by Gasteiger charge is -2.02. The van der Waals surface area contributed by atoms with Crippen molar-refractivity contribution in [1.82, 2.24) is 19.6 Å². The van der Waals surface area contributed by atoms with Crippen molar-refractivity contribution < 1.29 is 9.90 Å². The van der Waals surface area contributed by atoms with Gasteiger partial charge in [0.05, 0.1) is 24.0 Å². The van der Waals surface area contributed by atoms with Crippen LogP contribution in [0.4, 0.5) is 11.5 Å². The number of hydrogen-bond acceptors (Lipinski definition) is 4. The molecule has 0 atom stereocenters. The van der Waals surface area contributed by atoms with Crippen molar-refractivity contribution in [2.45, 2.75) is 6.42 Å². The van der Waals surface area contributed by atoms with Crippen LogP contribution in [-0.4, -0.2) is 30.7 Å². The highest BCUT2D eigenvalue weighted by Gasteiger charge is 2.07. The summed E-state index contributed by atoms with van der Waals surface area (Å²) in [6, 6.07) is 5.46. The first-order valence-corrected chi connectivity index (χ1v) is 5.67. The van der Waals surface area contributed by atoms with Gasteiger partial charge in [0.1, 0.15) is 0 Å². The highest BCUT2D eigenvalue weighted by Crippen LogP contribution is 2.14. The molecule has 0 unspecified atom stereocenters. The van der Waals surface area contributed by atoms with E-state index in [9.17, 15) is 4.79 Å². The van der Waals surface area contributed by atoms with Gasteiger partial charge in [0.15, 0.2) is 11.5 Å². The monoisotopic (exact) mass is 257 g/mol. The average molecular weight is 257 g/mol. The summed E-state index contributed by atoms with van der Waals surface area (Å²) < 4.78 is 1.56. The maximum Gasteiger partial charge on any atom is 0.309 e. The van der Waals surface area contributed by atoms with Crippen LogP contribution in [0.5, 0.6) is 0 Å². The molecule has 3 rings (SSSR count). The number of aliphatic carboxylic acids is 1. The van der Waals surface area contributed by atoms with Gasteiger partial charge in [-0.05, 0) is 18.2 Å². The largest absolute Gasteiger partial charge is 0.481 e. The predicted molar refractivity (Wildman–Crippen MR) is 68.4 cm³/mol. The third kappa shape index (κ3) is 2.39. The van der Waals surface area contributed by atoms with Gasteiger partial charge < -0.3 is 15.4 Å². The minimum Gasteiger partial charge on any atom is -0.481 e. The van der Waals surface area contributed by atoms with Gasteiger partial charge in [-0.1, -0.05) is 0 Å². The average Bonchev–Trinajstić information content (AvgIpc) is 2.96. The Morgan fingerprint density at radius 3 is 3.05 bits per heavy atom. The summed E-state index contributed by atoms with van der Waals surface area (Å²) in [7, 11) is 0. The molecule has 7 nitrogen and oxygen atoms in total. The van der Waals surface area contributed by atoms with E-state index < -0.39 is 5.97 Å². The molecular weight excluding hydrogens is 246 g/mol. The van der Waals surface area contributed by atoms with Crippen LogP contribution in [0, 0.1) is 0 Å². The number of anilines is 2. The Labute approximate surface area is 107 Å². The number of carboxylic acid groups (broad SMARTS) is 1. The number of carbonyl (C=O) groups is 1. The highest BCUT2D eigenvalue weighted by atomic mass is 16.4. The Kier molecular flexibility index (Phi) is 2.64. The number of rotatable bonds is 4. The zero-order valence-corrected chi connectivity index (χ0v) is 9.87. The molecular formula is C12H11N5O2. The van der Waals surface area contributed by atoms with E-state index in [-0.39, 0.29) is 6.42 Å². The van der Waals surface area contributed by atoms with Crippen molar-refractivity contribution in [2.75, 3.05) is 5.32 Å². The Bertz CT molecular complexity index is 717. The quantitative estimate of drug-likeness (QED) is 0.657. The van der Waals surface area contributed by atoms with E-state index in [1.54, 1.807) is 22.8 Å². The number of nitrogens with zero attached hydrogens (tertiary/aromatic N) is 3. The van der Waals surface area contributed by atoms with E-state index in [1.807, 2.05) is 18.5 Å². The predicted octanol–water partition coefficient (Wildman–Crippen LogP) is 1.43. The molecule has 7 heteroatoms. The number of nitrogens with one attached hydrogen (secondary N) is 2. The standard InChI is InChI=1S/C12H11N5O2/c18-12(19)5-9-7-17-11(15-9)2-1-10(16-17)14-8-3-4-13-6-8/h1-4,6-7,13H,5H2,(H,14,16)(H,18,19). The van der Waals surface area contributed by atoms with Gasteiger partial charge in [-0.25, -0.2) is 9.50 Å². The first-order chi connectivity index (χ1) is 9.20. The molecule has 0 amide bonds. The van der Waals surface area contributed by atoms with Crippen LogP contribution >= 0.6 is 0 Å². The lowest BCUT2D eigenvalue weighted by molar-refractivity contribution is -0.136. The molecule has 0 bridgehead atoms. The van der Waals surface area contributed by atoms with Crippen molar-refractivity contribution >= 4 is 23.1 Å². The molecule has 3 aromatic rings. The molecule has 3 N–H and O–H groups in total. The molecule has 96 valence electrons. The first kappa shape index (κ1) is 11.3. The van der Waals surface area contributed by atoms with Crippen LogP contribution < -0.4 is 5.32 Å². The Morgan fingerprint density at radius 2 is 2.32 bits per heavy atom. The molecule has 0 aliphatic heterocycles. The molecule has 0 aliphatic carbocycles. The van der Waals surface area contributed by atoms with Crippen molar-refractivity contribution in [2.24, 2.45) is 0 Å². The van der Waals surface area contributed by atoms with Gasteiger partial charge in [-0.3, -0.25) is 4.79 Å². The zero-order valence-electron chi connectivity index (χ0n) is 9.87. The third-order valence-corrected chi connectivity index (χ3v) is 2.57. The molecule has 0 saturated carbocycles. The second-order valence-corrected chi connectivity index (χ2v) is 4.05. The maximum atomic E-state index is 10.6. The number of aromatic amines is 1. The van der Waals surface area contributed by atoms with Crippen LogP contribution in [0.25, 0.3) is 5.65 Å². The van der Waals surface area contributed by atoms with Gasteiger partial charge >= 0.3 is 5.97 Å². The number of carboxylic acids is 1. The summed E-state index contributed by atoms with van der Waals surface area (Å²) in [5, 5.41) is 16.2. The number of hydrogen-bond donors (Lipinski definition) is 3. The fraction of sp³-hybridized carbons (Fsp3) is 0.0833. The summed E-state index contributed by atoms with van der Waals surface area (Å²) in [4.78, 5) is 17.8. The van der Waals surface area contributed by atoms with E-state index in [0.717, 1.165) is 5.69 Å². The molecule has 0 fully saturated rings. The summed E-state index contributed by atoms with van der Waals surface area (Å²) in [6.07, 6.45) is 5.13. The van der Waals surface area contributed by atoms with Crippen molar-refractivity contribution in [3.8, 4) is 0 Å². The molecule has 19 heavy (non-hydrogen) atoms. The minimum atomic E-state index is -0.908. The van der Waals surface area contributed by atoms with E-state index in [1.165, 1.54) is 0 Å². The summed E-state index contributed by atoms with van der Waals surface area (Å²) in [5.74, 6) is -0.250. The smallest absolute Gasteiger partial charge is 0.309 e. The van der Waals surface area contributed by atoms with E-state index in [4.69, 9.17) is 5.11 Å². The Balaban J connectivity index is 1.89. The first-order valence-electron chi connectivity index (χ1n) is 5.67. The SMILES string of the molecule is O=C(O)Cc1cn2nc(Nc3cc[nH]c3)ccc2n1. The third-order valence-electron chi connectivity index (χ3n) is 2.57. The topological polar surface area (TPSA) is 95.3 Å². The van der Waals surface area contributed by atoms with Gasteiger partial charge in [0.25, 0.3) is 0 Å².